The number of nitrogens with zero attached hydrogens (tertiary/aromatic N) is 5. The van der Waals surface area contributed by atoms with E-state index in [9.17, 15) is 9.59 Å². The van der Waals surface area contributed by atoms with Gasteiger partial charge in [-0.3, -0.25) is 14.7 Å². The lowest BCUT2D eigenvalue weighted by atomic mass is 10.2. The number of carbonyl (C=O) groups excluding carboxylic acids is 2. The van der Waals surface area contributed by atoms with Crippen molar-refractivity contribution in [1.29, 1.82) is 0 Å². The van der Waals surface area contributed by atoms with Crippen molar-refractivity contribution in [2.24, 2.45) is 0 Å². The van der Waals surface area contributed by atoms with Crippen LogP contribution in [-0.4, -0.2) is 95.7 Å². The van der Waals surface area contributed by atoms with Gasteiger partial charge in [0.2, 0.25) is 23.6 Å². The maximum Gasteiger partial charge on any atom is 0.246 e. The average molecular weight is 576 g/mol. The zero-order chi connectivity index (χ0) is 30.5. The van der Waals surface area contributed by atoms with Gasteiger partial charge in [0.25, 0.3) is 0 Å². The molecular formula is C30H41N9O3. The lowest BCUT2D eigenvalue weighted by molar-refractivity contribution is -0.135. The Balaban J connectivity index is 1.53. The molecule has 12 heteroatoms. The summed E-state index contributed by atoms with van der Waals surface area (Å²) in [6.07, 6.45) is 7.15. The highest BCUT2D eigenvalue weighted by Crippen LogP contribution is 2.26. The second-order valence-electron chi connectivity index (χ2n) is 9.99. The van der Waals surface area contributed by atoms with Crippen LogP contribution in [-0.2, 0) is 9.59 Å². The van der Waals surface area contributed by atoms with Crippen molar-refractivity contribution in [3.05, 3.63) is 42.1 Å². The molecule has 3 rings (SSSR count). The number of benzene rings is 1. The number of amides is 2. The third-order valence-corrected chi connectivity index (χ3v) is 6.35. The normalized spacial score (nSPS) is 11.7. The van der Waals surface area contributed by atoms with E-state index in [1.807, 2.05) is 37.2 Å². The monoisotopic (exact) mass is 575 g/mol. The molecule has 1 atom stereocenters. The first-order valence-corrected chi connectivity index (χ1v) is 14.0. The molecule has 4 N–H and O–H groups in total. The number of H-pyrrole nitrogens is 1. The van der Waals surface area contributed by atoms with Gasteiger partial charge < -0.3 is 30.5 Å². The van der Waals surface area contributed by atoms with Crippen molar-refractivity contribution in [2.75, 3.05) is 58.5 Å². The van der Waals surface area contributed by atoms with E-state index in [1.54, 1.807) is 33.4 Å². The standard InChI is InChI=1S/C30H41N9O3/c1-7-16-31-27-22(20-33-30(35-27)34-23-14-15-24-25(19-23)36-37-29(24)42-6)12-9-8-10-17-32-28(41)21(2)39(5)26(40)13-11-18-38(3)4/h11,13-15,19-21H,7-8,10,16-18H2,1-6H3,(H,32,41)(H,36,37)(H2,31,33,34,35)/t21-/m0/s1. The van der Waals surface area contributed by atoms with Crippen molar-refractivity contribution < 1.29 is 14.3 Å². The van der Waals surface area contributed by atoms with Crippen molar-refractivity contribution in [3.8, 4) is 17.7 Å². The van der Waals surface area contributed by atoms with Crippen molar-refractivity contribution in [1.82, 2.24) is 35.3 Å². The molecule has 0 bridgehead atoms. The molecule has 0 saturated carbocycles. The van der Waals surface area contributed by atoms with Crippen LogP contribution >= 0.6 is 0 Å². The van der Waals surface area contributed by atoms with Crippen LogP contribution in [0.3, 0.4) is 0 Å². The molecule has 0 spiro atoms. The van der Waals surface area contributed by atoms with E-state index in [-0.39, 0.29) is 11.8 Å². The number of ether oxygens (including phenoxy) is 1. The Morgan fingerprint density at radius 2 is 2.02 bits per heavy atom. The Labute approximate surface area is 247 Å². The van der Waals surface area contributed by atoms with Crippen molar-refractivity contribution >= 4 is 40.2 Å². The van der Waals surface area contributed by atoms with Gasteiger partial charge in [-0.15, -0.1) is 5.10 Å². The summed E-state index contributed by atoms with van der Waals surface area (Å²) in [5.41, 5.74) is 2.34. The average Bonchev–Trinajstić information content (AvgIpc) is 3.39. The summed E-state index contributed by atoms with van der Waals surface area (Å²) in [5.74, 6) is 7.53. The zero-order valence-electron chi connectivity index (χ0n) is 25.2. The Morgan fingerprint density at radius 3 is 2.76 bits per heavy atom. The molecule has 42 heavy (non-hydrogen) atoms. The quantitative estimate of drug-likeness (QED) is 0.130. The van der Waals surface area contributed by atoms with Crippen molar-refractivity contribution in [2.45, 2.75) is 39.2 Å². The minimum atomic E-state index is -0.576. The summed E-state index contributed by atoms with van der Waals surface area (Å²) in [6, 6.07) is 5.17. The van der Waals surface area contributed by atoms with Crippen LogP contribution in [0, 0.1) is 11.8 Å². The maximum atomic E-state index is 12.5. The first-order valence-electron chi connectivity index (χ1n) is 14.0. The highest BCUT2D eigenvalue weighted by molar-refractivity contribution is 5.92. The number of methoxy groups -OCH3 is 1. The van der Waals surface area contributed by atoms with Crippen LogP contribution in [0.15, 0.2) is 36.5 Å². The molecule has 2 amide bonds. The number of likely N-dealkylation sites (N-methyl/N-ethyl adjacent to an activating group) is 2. The van der Waals surface area contributed by atoms with Gasteiger partial charge in [-0.1, -0.05) is 24.8 Å². The van der Waals surface area contributed by atoms with Gasteiger partial charge >= 0.3 is 0 Å². The predicted octanol–water partition coefficient (Wildman–Crippen LogP) is 3.14. The van der Waals surface area contributed by atoms with Gasteiger partial charge in [0.15, 0.2) is 0 Å². The van der Waals surface area contributed by atoms with Gasteiger partial charge in [-0.05, 0) is 52.1 Å². The minimum Gasteiger partial charge on any atom is -0.480 e. The van der Waals surface area contributed by atoms with E-state index in [0.717, 1.165) is 29.6 Å². The number of nitrogens with one attached hydrogen (secondary N) is 4. The predicted molar refractivity (Wildman–Crippen MR) is 166 cm³/mol. The van der Waals surface area contributed by atoms with E-state index in [0.29, 0.717) is 49.1 Å². The molecular weight excluding hydrogens is 534 g/mol. The summed E-state index contributed by atoms with van der Waals surface area (Å²) < 4.78 is 5.26. The number of hydrogen-bond acceptors (Lipinski definition) is 9. The number of aromatic amines is 1. The van der Waals surface area contributed by atoms with E-state index in [1.165, 1.54) is 11.0 Å². The maximum absolute atomic E-state index is 12.5. The molecule has 2 aromatic heterocycles. The molecule has 0 radical (unpaired) electrons. The molecule has 0 saturated heterocycles. The highest BCUT2D eigenvalue weighted by atomic mass is 16.5. The van der Waals surface area contributed by atoms with Gasteiger partial charge in [0.05, 0.1) is 29.8 Å². The number of aromatic nitrogens is 4. The van der Waals surface area contributed by atoms with Crippen LogP contribution < -0.4 is 20.7 Å². The summed E-state index contributed by atoms with van der Waals surface area (Å²) in [5, 5.41) is 17.4. The van der Waals surface area contributed by atoms with E-state index < -0.39 is 6.04 Å². The largest absolute Gasteiger partial charge is 0.480 e. The minimum absolute atomic E-state index is 0.201. The molecule has 0 unspecified atom stereocenters. The number of fused-ring (bicyclic) bond motifs is 1. The number of unbranched alkanes of at least 4 members (excludes halogenated alkanes) is 1. The van der Waals surface area contributed by atoms with Crippen LogP contribution in [0.25, 0.3) is 10.9 Å². The van der Waals surface area contributed by atoms with Crippen LogP contribution in [0.4, 0.5) is 17.5 Å². The SMILES string of the molecule is CCCNc1nc(Nc2ccc3c(OC)n[nH]c3c2)ncc1C#CCCCNC(=O)[C@H](C)N(C)C(=O)C=CCN(C)C. The number of rotatable bonds is 14. The second kappa shape index (κ2) is 16.0. The molecule has 2 heterocycles. The van der Waals surface area contributed by atoms with Gasteiger partial charge in [0.1, 0.15) is 11.9 Å². The highest BCUT2D eigenvalue weighted by Gasteiger charge is 2.20. The number of anilines is 3. The Kier molecular flexibility index (Phi) is 12.1. The first kappa shape index (κ1) is 31.9. The van der Waals surface area contributed by atoms with Crippen LogP contribution in [0.5, 0.6) is 5.88 Å². The third kappa shape index (κ3) is 9.21. The summed E-state index contributed by atoms with van der Waals surface area (Å²) >= 11 is 0. The molecule has 0 aliphatic heterocycles. The number of carbonyl (C=O) groups is 2. The molecule has 0 aliphatic rings. The molecule has 12 nitrogen and oxygen atoms in total. The third-order valence-electron chi connectivity index (χ3n) is 6.35. The zero-order valence-corrected chi connectivity index (χ0v) is 25.2. The fraction of sp³-hybridized carbons (Fsp3) is 0.433. The lowest BCUT2D eigenvalue weighted by Crippen LogP contribution is -2.45. The Morgan fingerprint density at radius 1 is 1.21 bits per heavy atom. The summed E-state index contributed by atoms with van der Waals surface area (Å²) in [7, 11) is 7.06. The van der Waals surface area contributed by atoms with Gasteiger partial charge in [-0.25, -0.2) is 4.98 Å². The number of hydrogen-bond donors (Lipinski definition) is 4. The fourth-order valence-corrected chi connectivity index (χ4v) is 3.81. The molecule has 0 fully saturated rings. The smallest absolute Gasteiger partial charge is 0.246 e. The first-order chi connectivity index (χ1) is 20.2. The van der Waals surface area contributed by atoms with Gasteiger partial charge in [0, 0.05) is 44.9 Å². The Hall–Kier alpha value is -4.63. The molecule has 224 valence electrons. The Bertz CT molecular complexity index is 1440. The molecule has 3 aromatic rings. The molecule has 0 aliphatic carbocycles. The van der Waals surface area contributed by atoms with Crippen molar-refractivity contribution in [3.63, 3.8) is 0 Å². The van der Waals surface area contributed by atoms with Crippen LogP contribution in [0.1, 0.15) is 38.7 Å². The fourth-order valence-electron chi connectivity index (χ4n) is 3.81. The molecule has 1 aromatic carbocycles. The summed E-state index contributed by atoms with van der Waals surface area (Å²) in [4.78, 5) is 37.2. The lowest BCUT2D eigenvalue weighted by Gasteiger charge is -2.23. The second-order valence-corrected chi connectivity index (χ2v) is 9.99. The van der Waals surface area contributed by atoms with E-state index in [2.05, 4.69) is 54.9 Å². The van der Waals surface area contributed by atoms with Crippen LogP contribution in [0.2, 0.25) is 0 Å². The van der Waals surface area contributed by atoms with E-state index in [4.69, 9.17) is 4.74 Å². The summed E-state index contributed by atoms with van der Waals surface area (Å²) in [6.45, 7) is 5.66. The topological polar surface area (TPSA) is 140 Å². The van der Waals surface area contributed by atoms with E-state index >= 15 is 0 Å². The van der Waals surface area contributed by atoms with Gasteiger partial charge in [-0.2, -0.15) is 4.98 Å².